The van der Waals surface area contributed by atoms with Gasteiger partial charge in [-0.15, -0.1) is 10.2 Å². The summed E-state index contributed by atoms with van der Waals surface area (Å²) in [6, 6.07) is 22.8. The number of carbonyl (C=O) groups excluding carboxylic acids is 1. The molecule has 7 heteroatoms. The number of amides is 1. The Balaban J connectivity index is 1.24. The first-order chi connectivity index (χ1) is 17.2. The molecule has 0 radical (unpaired) electrons. The van der Waals surface area contributed by atoms with Crippen LogP contribution in [-0.4, -0.2) is 53.7 Å². The van der Waals surface area contributed by atoms with Crippen LogP contribution < -0.4 is 9.80 Å². The number of benzene rings is 3. The molecule has 3 heterocycles. The predicted molar refractivity (Wildman–Crippen MR) is 135 cm³/mol. The first-order valence-electron chi connectivity index (χ1n) is 12.0. The van der Waals surface area contributed by atoms with E-state index in [1.165, 1.54) is 23.3 Å². The van der Waals surface area contributed by atoms with Crippen molar-refractivity contribution in [2.75, 3.05) is 42.5 Å². The van der Waals surface area contributed by atoms with Crippen LogP contribution in [0.25, 0.3) is 10.8 Å². The maximum Gasteiger partial charge on any atom is 0.275 e. The monoisotopic (exact) mass is 467 g/mol. The molecular formula is C28H26FN5O. The fourth-order valence-electron chi connectivity index (χ4n) is 5.13. The molecule has 2 aliphatic heterocycles. The van der Waals surface area contributed by atoms with E-state index in [0.29, 0.717) is 18.8 Å². The number of halogens is 1. The van der Waals surface area contributed by atoms with Gasteiger partial charge in [0.05, 0.1) is 0 Å². The van der Waals surface area contributed by atoms with E-state index in [4.69, 9.17) is 0 Å². The van der Waals surface area contributed by atoms with E-state index in [0.717, 1.165) is 54.9 Å². The number of nitrogens with zero attached hydrogens (tertiary/aromatic N) is 5. The van der Waals surface area contributed by atoms with Crippen LogP contribution in [-0.2, 0) is 13.0 Å². The Labute approximate surface area is 203 Å². The normalized spacial score (nSPS) is 15.9. The fourth-order valence-corrected chi connectivity index (χ4v) is 5.13. The molecule has 0 bridgehead atoms. The number of rotatable bonds is 3. The van der Waals surface area contributed by atoms with E-state index in [1.807, 2.05) is 53.4 Å². The Hall–Kier alpha value is -4.00. The average Bonchev–Trinajstić information content (AvgIpc) is 2.92. The summed E-state index contributed by atoms with van der Waals surface area (Å²) in [6.07, 6.45) is 0.851. The molecule has 2 aliphatic rings. The molecule has 4 aromatic rings. The molecule has 1 amide bonds. The minimum Gasteiger partial charge on any atom is -0.368 e. The van der Waals surface area contributed by atoms with Crippen LogP contribution in [0.15, 0.2) is 72.8 Å². The van der Waals surface area contributed by atoms with Crippen molar-refractivity contribution < 1.29 is 9.18 Å². The SMILES string of the molecule is O=C(c1nnc(N2CCN(c3ccc(F)cc3)CC2)c2ccccc12)N1CCc2ccccc2C1. The lowest BCUT2D eigenvalue weighted by molar-refractivity contribution is 0.0730. The zero-order valence-corrected chi connectivity index (χ0v) is 19.4. The summed E-state index contributed by atoms with van der Waals surface area (Å²) in [5, 5.41) is 10.8. The molecule has 1 fully saturated rings. The van der Waals surface area contributed by atoms with Gasteiger partial charge in [0.25, 0.3) is 5.91 Å². The predicted octanol–water partition coefficient (Wildman–Crippen LogP) is 4.29. The van der Waals surface area contributed by atoms with Gasteiger partial charge in [-0.3, -0.25) is 4.79 Å². The molecule has 0 aliphatic carbocycles. The Morgan fingerprint density at radius 1 is 0.714 bits per heavy atom. The number of anilines is 2. The summed E-state index contributed by atoms with van der Waals surface area (Å²) in [5.41, 5.74) is 3.93. The molecule has 176 valence electrons. The lowest BCUT2D eigenvalue weighted by Crippen LogP contribution is -2.47. The molecule has 6 rings (SSSR count). The van der Waals surface area contributed by atoms with E-state index in [9.17, 15) is 9.18 Å². The number of aromatic nitrogens is 2. The third-order valence-electron chi connectivity index (χ3n) is 7.06. The molecule has 0 spiro atoms. The van der Waals surface area contributed by atoms with Crippen molar-refractivity contribution in [2.24, 2.45) is 0 Å². The Bertz CT molecular complexity index is 1380. The van der Waals surface area contributed by atoms with Crippen LogP contribution in [0, 0.1) is 5.82 Å². The van der Waals surface area contributed by atoms with Crippen LogP contribution in [0.5, 0.6) is 0 Å². The lowest BCUT2D eigenvalue weighted by atomic mass is 9.99. The van der Waals surface area contributed by atoms with Crippen LogP contribution >= 0.6 is 0 Å². The zero-order chi connectivity index (χ0) is 23.8. The van der Waals surface area contributed by atoms with Crippen molar-refractivity contribution in [1.82, 2.24) is 15.1 Å². The molecule has 0 N–H and O–H groups in total. The Morgan fingerprint density at radius 2 is 1.37 bits per heavy atom. The molecule has 1 saturated heterocycles. The maximum atomic E-state index is 13.5. The van der Waals surface area contributed by atoms with Gasteiger partial charge in [0.2, 0.25) is 0 Å². The second-order valence-electron chi connectivity index (χ2n) is 9.11. The van der Waals surface area contributed by atoms with Crippen molar-refractivity contribution in [1.29, 1.82) is 0 Å². The van der Waals surface area contributed by atoms with Crippen LogP contribution in [0.4, 0.5) is 15.9 Å². The second-order valence-corrected chi connectivity index (χ2v) is 9.11. The van der Waals surface area contributed by atoms with Crippen molar-refractivity contribution in [3.05, 3.63) is 95.4 Å². The van der Waals surface area contributed by atoms with E-state index >= 15 is 0 Å². The Kier molecular flexibility index (Phi) is 5.52. The smallest absolute Gasteiger partial charge is 0.275 e. The van der Waals surface area contributed by atoms with Gasteiger partial charge in [-0.05, 0) is 41.8 Å². The van der Waals surface area contributed by atoms with Crippen molar-refractivity contribution in [3.63, 3.8) is 0 Å². The number of hydrogen-bond acceptors (Lipinski definition) is 5. The third-order valence-corrected chi connectivity index (χ3v) is 7.06. The van der Waals surface area contributed by atoms with Crippen molar-refractivity contribution in [2.45, 2.75) is 13.0 Å². The minimum atomic E-state index is -0.225. The second kappa shape index (κ2) is 8.98. The number of hydrogen-bond donors (Lipinski definition) is 0. The topological polar surface area (TPSA) is 52.6 Å². The fraction of sp³-hybridized carbons (Fsp3) is 0.250. The largest absolute Gasteiger partial charge is 0.368 e. The van der Waals surface area contributed by atoms with Gasteiger partial charge in [0.15, 0.2) is 11.5 Å². The summed E-state index contributed by atoms with van der Waals surface area (Å²) >= 11 is 0. The standard InChI is InChI=1S/C28H26FN5O/c29-22-9-11-23(12-10-22)32-15-17-33(18-16-32)27-25-8-4-3-7-24(25)26(30-31-27)28(35)34-14-13-20-5-1-2-6-21(20)19-34/h1-12H,13-19H2. The van der Waals surface area contributed by atoms with Gasteiger partial charge in [-0.1, -0.05) is 48.5 Å². The quantitative estimate of drug-likeness (QED) is 0.450. The molecule has 35 heavy (non-hydrogen) atoms. The number of carbonyl (C=O) groups is 1. The van der Waals surface area contributed by atoms with Gasteiger partial charge >= 0.3 is 0 Å². The molecule has 1 aromatic heterocycles. The Morgan fingerprint density at radius 3 is 2.14 bits per heavy atom. The zero-order valence-electron chi connectivity index (χ0n) is 19.4. The maximum absolute atomic E-state index is 13.5. The number of piperazine rings is 1. The molecule has 3 aromatic carbocycles. The van der Waals surface area contributed by atoms with Crippen LogP contribution in [0.3, 0.4) is 0 Å². The highest BCUT2D eigenvalue weighted by atomic mass is 19.1. The molecule has 6 nitrogen and oxygen atoms in total. The average molecular weight is 468 g/mol. The number of fused-ring (bicyclic) bond motifs is 2. The summed E-state index contributed by atoms with van der Waals surface area (Å²) < 4.78 is 13.3. The van der Waals surface area contributed by atoms with E-state index < -0.39 is 0 Å². The van der Waals surface area contributed by atoms with E-state index in [-0.39, 0.29) is 11.7 Å². The van der Waals surface area contributed by atoms with Gasteiger partial charge in [-0.25, -0.2) is 4.39 Å². The highest BCUT2D eigenvalue weighted by Gasteiger charge is 2.27. The van der Waals surface area contributed by atoms with Gasteiger partial charge in [0, 0.05) is 55.7 Å². The molecule has 0 unspecified atom stereocenters. The highest BCUT2D eigenvalue weighted by Crippen LogP contribution is 2.29. The van der Waals surface area contributed by atoms with Gasteiger partial charge < -0.3 is 14.7 Å². The lowest BCUT2D eigenvalue weighted by Gasteiger charge is -2.37. The van der Waals surface area contributed by atoms with Crippen LogP contribution in [0.1, 0.15) is 21.6 Å². The van der Waals surface area contributed by atoms with E-state index in [2.05, 4.69) is 32.1 Å². The summed E-state index contributed by atoms with van der Waals surface area (Å²) in [5.74, 6) is 0.508. The molecular weight excluding hydrogens is 441 g/mol. The highest BCUT2D eigenvalue weighted by molar-refractivity contribution is 6.07. The van der Waals surface area contributed by atoms with Crippen molar-refractivity contribution >= 4 is 28.2 Å². The summed E-state index contributed by atoms with van der Waals surface area (Å²) in [6.45, 7) is 4.42. The summed E-state index contributed by atoms with van der Waals surface area (Å²) in [4.78, 5) is 19.9. The van der Waals surface area contributed by atoms with Crippen LogP contribution in [0.2, 0.25) is 0 Å². The van der Waals surface area contributed by atoms with Gasteiger partial charge in [-0.2, -0.15) is 0 Å². The van der Waals surface area contributed by atoms with Crippen molar-refractivity contribution in [3.8, 4) is 0 Å². The molecule has 0 saturated carbocycles. The first kappa shape index (κ1) is 21.5. The molecule has 0 atom stereocenters. The summed E-state index contributed by atoms with van der Waals surface area (Å²) in [7, 11) is 0. The third kappa shape index (κ3) is 4.07. The minimum absolute atomic E-state index is 0.0733. The first-order valence-corrected chi connectivity index (χ1v) is 12.0. The van der Waals surface area contributed by atoms with Gasteiger partial charge in [0.1, 0.15) is 5.82 Å². The van der Waals surface area contributed by atoms with E-state index in [1.54, 1.807) is 0 Å².